The number of carbonyl (C=O) groups excluding carboxylic acids is 1. The van der Waals surface area contributed by atoms with Crippen molar-refractivity contribution >= 4 is 5.91 Å². The smallest absolute Gasteiger partial charge is 0.253 e. The van der Waals surface area contributed by atoms with Crippen molar-refractivity contribution in [2.45, 2.75) is 44.8 Å². The van der Waals surface area contributed by atoms with Gasteiger partial charge in [-0.05, 0) is 31.9 Å². The summed E-state index contributed by atoms with van der Waals surface area (Å²) in [6.07, 6.45) is 4.18. The number of aliphatic hydroxyl groups is 1. The van der Waals surface area contributed by atoms with Gasteiger partial charge in [-0.3, -0.25) is 9.69 Å². The Morgan fingerprint density at radius 3 is 2.32 bits per heavy atom. The number of benzene rings is 1. The third-order valence-corrected chi connectivity index (χ3v) is 5.06. The number of rotatable bonds is 2. The van der Waals surface area contributed by atoms with Gasteiger partial charge in [-0.25, -0.2) is 0 Å². The molecule has 4 heteroatoms. The molecule has 1 aliphatic carbocycles. The van der Waals surface area contributed by atoms with Crippen molar-refractivity contribution in [1.29, 1.82) is 0 Å². The molecule has 0 bridgehead atoms. The number of aliphatic hydroxyl groups excluding tert-OH is 1. The predicted molar refractivity (Wildman–Crippen MR) is 86.9 cm³/mol. The predicted octanol–water partition coefficient (Wildman–Crippen LogP) is 2.06. The van der Waals surface area contributed by atoms with Crippen molar-refractivity contribution in [3.8, 4) is 0 Å². The summed E-state index contributed by atoms with van der Waals surface area (Å²) in [5.41, 5.74) is 1.95. The highest BCUT2D eigenvalue weighted by Crippen LogP contribution is 2.24. The molecule has 2 atom stereocenters. The molecule has 1 aromatic carbocycles. The Labute approximate surface area is 132 Å². The van der Waals surface area contributed by atoms with Crippen molar-refractivity contribution in [1.82, 2.24) is 9.80 Å². The minimum Gasteiger partial charge on any atom is -0.391 e. The molecular formula is C18H26N2O2. The molecule has 1 saturated carbocycles. The highest BCUT2D eigenvalue weighted by Gasteiger charge is 2.31. The van der Waals surface area contributed by atoms with Gasteiger partial charge in [0.05, 0.1) is 6.10 Å². The lowest BCUT2D eigenvalue weighted by atomic mass is 9.91. The number of nitrogens with zero attached hydrogens (tertiary/aromatic N) is 2. The van der Waals surface area contributed by atoms with E-state index in [9.17, 15) is 9.90 Å². The first-order chi connectivity index (χ1) is 10.6. The van der Waals surface area contributed by atoms with E-state index < -0.39 is 0 Å². The van der Waals surface area contributed by atoms with E-state index in [4.69, 9.17) is 0 Å². The molecule has 22 heavy (non-hydrogen) atoms. The maximum atomic E-state index is 12.5. The fourth-order valence-corrected chi connectivity index (χ4v) is 3.65. The summed E-state index contributed by atoms with van der Waals surface area (Å²) in [6, 6.07) is 8.10. The van der Waals surface area contributed by atoms with E-state index in [1.807, 2.05) is 36.1 Å². The minimum atomic E-state index is -0.187. The molecule has 1 aliphatic heterocycles. The van der Waals surface area contributed by atoms with Crippen molar-refractivity contribution in [2.75, 3.05) is 26.2 Å². The zero-order chi connectivity index (χ0) is 15.5. The second-order valence-corrected chi connectivity index (χ2v) is 6.61. The average Bonchev–Trinajstić information content (AvgIpc) is 2.56. The quantitative estimate of drug-likeness (QED) is 0.909. The van der Waals surface area contributed by atoms with Crippen LogP contribution in [0.2, 0.25) is 0 Å². The van der Waals surface area contributed by atoms with Crippen molar-refractivity contribution in [2.24, 2.45) is 0 Å². The molecule has 4 nitrogen and oxygen atoms in total. The molecule has 0 radical (unpaired) electrons. The molecule has 2 aliphatic rings. The van der Waals surface area contributed by atoms with Crippen LogP contribution in [-0.4, -0.2) is 59.1 Å². The molecule has 120 valence electrons. The Morgan fingerprint density at radius 1 is 1.05 bits per heavy atom. The molecule has 1 saturated heterocycles. The van der Waals surface area contributed by atoms with Gasteiger partial charge in [0, 0.05) is 37.8 Å². The Morgan fingerprint density at radius 2 is 1.68 bits per heavy atom. The van der Waals surface area contributed by atoms with Crippen LogP contribution < -0.4 is 0 Å². The number of hydrogen-bond donors (Lipinski definition) is 1. The molecule has 1 N–H and O–H groups in total. The lowest BCUT2D eigenvalue weighted by Crippen LogP contribution is -2.55. The third kappa shape index (κ3) is 3.33. The maximum Gasteiger partial charge on any atom is 0.253 e. The molecule has 1 amide bonds. The highest BCUT2D eigenvalue weighted by molar-refractivity contribution is 5.94. The second kappa shape index (κ2) is 6.80. The van der Waals surface area contributed by atoms with Crippen LogP contribution in [0.4, 0.5) is 0 Å². The summed E-state index contributed by atoms with van der Waals surface area (Å²) in [5, 5.41) is 10.2. The number of piperazine rings is 1. The zero-order valence-electron chi connectivity index (χ0n) is 13.4. The SMILES string of the molecule is Cc1ccc(C(=O)N2CCN(C3CCCCC3O)CC2)cc1. The van der Waals surface area contributed by atoms with Gasteiger partial charge in [0.2, 0.25) is 0 Å². The molecular weight excluding hydrogens is 276 g/mol. The van der Waals surface area contributed by atoms with Crippen LogP contribution in [0.1, 0.15) is 41.6 Å². The van der Waals surface area contributed by atoms with Gasteiger partial charge in [-0.15, -0.1) is 0 Å². The van der Waals surface area contributed by atoms with Gasteiger partial charge in [-0.1, -0.05) is 30.5 Å². The molecule has 2 unspecified atom stereocenters. The van der Waals surface area contributed by atoms with Gasteiger partial charge in [0.25, 0.3) is 5.91 Å². The first-order valence-electron chi connectivity index (χ1n) is 8.43. The standard InChI is InChI=1S/C18H26N2O2/c1-14-6-8-15(9-7-14)18(22)20-12-10-19(11-13-20)16-4-2-3-5-17(16)21/h6-9,16-17,21H,2-5,10-13H2,1H3. The zero-order valence-corrected chi connectivity index (χ0v) is 13.4. The summed E-state index contributed by atoms with van der Waals surface area (Å²) < 4.78 is 0. The molecule has 1 aromatic rings. The minimum absolute atomic E-state index is 0.129. The van der Waals surface area contributed by atoms with Crippen molar-refractivity contribution < 1.29 is 9.90 Å². The summed E-state index contributed by atoms with van der Waals surface area (Å²) in [4.78, 5) is 16.8. The van der Waals surface area contributed by atoms with Crippen LogP contribution in [0.25, 0.3) is 0 Å². The third-order valence-electron chi connectivity index (χ3n) is 5.06. The van der Waals surface area contributed by atoms with Crippen LogP contribution in [-0.2, 0) is 0 Å². The van der Waals surface area contributed by atoms with E-state index in [0.717, 1.165) is 51.0 Å². The highest BCUT2D eigenvalue weighted by atomic mass is 16.3. The summed E-state index contributed by atoms with van der Waals surface area (Å²) in [6.45, 7) is 5.30. The van der Waals surface area contributed by atoms with Gasteiger partial charge >= 0.3 is 0 Å². The molecule has 3 rings (SSSR count). The molecule has 0 spiro atoms. The first-order valence-corrected chi connectivity index (χ1v) is 8.43. The van der Waals surface area contributed by atoms with E-state index in [0.29, 0.717) is 6.04 Å². The lowest BCUT2D eigenvalue weighted by molar-refractivity contribution is -0.00172. The van der Waals surface area contributed by atoms with Gasteiger partial charge in [0.15, 0.2) is 0 Å². The summed E-state index contributed by atoms with van der Waals surface area (Å²) in [5.74, 6) is 0.129. The van der Waals surface area contributed by atoms with Crippen LogP contribution in [0.15, 0.2) is 24.3 Å². The average molecular weight is 302 g/mol. The number of carbonyl (C=O) groups is 1. The fraction of sp³-hybridized carbons (Fsp3) is 0.611. The van der Waals surface area contributed by atoms with Crippen LogP contribution >= 0.6 is 0 Å². The Bertz CT molecular complexity index is 506. The topological polar surface area (TPSA) is 43.8 Å². The summed E-state index contributed by atoms with van der Waals surface area (Å²) >= 11 is 0. The van der Waals surface area contributed by atoms with Crippen molar-refractivity contribution in [3.63, 3.8) is 0 Å². The lowest BCUT2D eigenvalue weighted by Gasteiger charge is -2.42. The first kappa shape index (κ1) is 15.5. The van der Waals surface area contributed by atoms with E-state index in [1.54, 1.807) is 0 Å². The Kier molecular flexibility index (Phi) is 4.79. The van der Waals surface area contributed by atoms with Crippen LogP contribution in [0.3, 0.4) is 0 Å². The fourth-order valence-electron chi connectivity index (χ4n) is 3.65. The van der Waals surface area contributed by atoms with Crippen LogP contribution in [0.5, 0.6) is 0 Å². The molecule has 2 fully saturated rings. The van der Waals surface area contributed by atoms with Gasteiger partial charge in [-0.2, -0.15) is 0 Å². The molecule has 0 aromatic heterocycles. The van der Waals surface area contributed by atoms with Crippen LogP contribution in [0, 0.1) is 6.92 Å². The second-order valence-electron chi connectivity index (χ2n) is 6.61. The normalized spacial score (nSPS) is 26.9. The number of hydrogen-bond acceptors (Lipinski definition) is 3. The Balaban J connectivity index is 1.57. The van der Waals surface area contributed by atoms with E-state index >= 15 is 0 Å². The Hall–Kier alpha value is -1.39. The van der Waals surface area contributed by atoms with Gasteiger partial charge in [0.1, 0.15) is 0 Å². The number of aryl methyl sites for hydroxylation is 1. The summed E-state index contributed by atoms with van der Waals surface area (Å²) in [7, 11) is 0. The van der Waals surface area contributed by atoms with Crippen molar-refractivity contribution in [3.05, 3.63) is 35.4 Å². The largest absolute Gasteiger partial charge is 0.391 e. The molecule has 1 heterocycles. The number of amides is 1. The van der Waals surface area contributed by atoms with E-state index in [2.05, 4.69) is 4.90 Å². The monoisotopic (exact) mass is 302 g/mol. The van der Waals surface area contributed by atoms with E-state index in [-0.39, 0.29) is 12.0 Å². The maximum absolute atomic E-state index is 12.5. The van der Waals surface area contributed by atoms with E-state index in [1.165, 1.54) is 12.0 Å². The van der Waals surface area contributed by atoms with Gasteiger partial charge < -0.3 is 10.0 Å².